The van der Waals surface area contributed by atoms with Gasteiger partial charge >= 0.3 is 0 Å². The molecule has 4 rings (SSSR count). The number of nitrogens with zero attached hydrogens (tertiary/aromatic N) is 2. The zero-order valence-electron chi connectivity index (χ0n) is 17.6. The first-order valence-corrected chi connectivity index (χ1v) is 12.1. The van der Waals surface area contributed by atoms with E-state index in [9.17, 15) is 0 Å². The highest BCUT2D eigenvalue weighted by Crippen LogP contribution is 2.29. The normalized spacial score (nSPS) is 21.9. The molecule has 0 saturated heterocycles. The Balaban J connectivity index is 1.44. The summed E-state index contributed by atoms with van der Waals surface area (Å²) in [7, 11) is 2.47. The van der Waals surface area contributed by atoms with Gasteiger partial charge in [-0.25, -0.2) is 9.97 Å². The average Bonchev–Trinajstić information content (AvgIpc) is 3.09. The predicted octanol–water partition coefficient (Wildman–Crippen LogP) is 6.43. The zero-order valence-corrected chi connectivity index (χ0v) is 17.6. The molecule has 0 spiro atoms. The van der Waals surface area contributed by atoms with Gasteiger partial charge in [0.2, 0.25) is 0 Å². The second-order valence-corrected chi connectivity index (χ2v) is 9.28. The highest BCUT2D eigenvalue weighted by atomic mass is 14.9. The monoisotopic (exact) mass is 378 g/mol. The highest BCUT2D eigenvalue weighted by Gasteiger charge is 2.18. The van der Waals surface area contributed by atoms with E-state index in [1.54, 1.807) is 0 Å². The van der Waals surface area contributed by atoms with E-state index in [4.69, 9.17) is 9.97 Å². The molecule has 1 N–H and O–H groups in total. The van der Waals surface area contributed by atoms with E-state index in [1.807, 2.05) is 0 Å². The number of hydrogen-bond donors (Lipinski definition) is 1. The van der Waals surface area contributed by atoms with Crippen LogP contribution in [0.4, 0.5) is 0 Å². The van der Waals surface area contributed by atoms with E-state index in [2.05, 4.69) is 24.5 Å². The number of fused-ring (bicyclic) bond motifs is 1. The maximum Gasteiger partial charge on any atom is 0.178 e. The van der Waals surface area contributed by atoms with E-state index in [0.29, 0.717) is 5.92 Å². The number of rotatable bonds is 3. The van der Waals surface area contributed by atoms with Gasteiger partial charge in [0.1, 0.15) is 11.5 Å². The summed E-state index contributed by atoms with van der Waals surface area (Å²) in [5.41, 5.74) is 2.29. The zero-order chi connectivity index (χ0) is 19.0. The molecule has 151 valence electrons. The lowest BCUT2D eigenvalue weighted by atomic mass is 9.58. The van der Waals surface area contributed by atoms with Crippen LogP contribution >= 0.6 is 0 Å². The van der Waals surface area contributed by atoms with Crippen LogP contribution in [0.25, 0.3) is 11.0 Å². The fraction of sp³-hybridized carbons (Fsp3) is 0.750. The fourth-order valence-corrected chi connectivity index (χ4v) is 5.21. The van der Waals surface area contributed by atoms with Gasteiger partial charge in [-0.15, -0.1) is 0 Å². The lowest BCUT2D eigenvalue weighted by molar-refractivity contribution is 0.451. The standard InChI is InChI=1S/C24H37BN3/c1-2-5-9-13-19(14-10-6-3-1)23-26-18-20-17-22(27-24(20)28-23)25-21-15-11-7-4-8-12-16-21/h17-19,21H,1-16H2,(H,26,27,28). The molecule has 0 atom stereocenters. The van der Waals surface area contributed by atoms with Crippen molar-refractivity contribution >= 4 is 23.9 Å². The minimum absolute atomic E-state index is 0.545. The van der Waals surface area contributed by atoms with Crippen molar-refractivity contribution < 1.29 is 0 Å². The van der Waals surface area contributed by atoms with E-state index >= 15 is 0 Å². The summed E-state index contributed by atoms with van der Waals surface area (Å²) in [5.74, 6) is 2.34. The number of aromatic amines is 1. The average molecular weight is 378 g/mol. The Labute approximate surface area is 171 Å². The van der Waals surface area contributed by atoms with E-state index in [0.717, 1.165) is 17.3 Å². The Morgan fingerprint density at radius 2 is 1.32 bits per heavy atom. The Morgan fingerprint density at radius 1 is 0.750 bits per heavy atom. The van der Waals surface area contributed by atoms with Crippen molar-refractivity contribution in [3.63, 3.8) is 0 Å². The fourth-order valence-electron chi connectivity index (χ4n) is 5.21. The van der Waals surface area contributed by atoms with E-state index in [1.165, 1.54) is 114 Å². The minimum atomic E-state index is 0.545. The summed E-state index contributed by atoms with van der Waals surface area (Å²) < 4.78 is 0. The molecule has 2 aromatic heterocycles. The Hall–Kier alpha value is -1.32. The van der Waals surface area contributed by atoms with Gasteiger partial charge in [-0.3, -0.25) is 0 Å². The third-order valence-electron chi connectivity index (χ3n) is 6.94. The molecule has 2 saturated carbocycles. The number of H-pyrrole nitrogens is 1. The van der Waals surface area contributed by atoms with Gasteiger partial charge in [-0.05, 0) is 24.5 Å². The first-order chi connectivity index (χ1) is 13.9. The first-order valence-electron chi connectivity index (χ1n) is 12.1. The molecule has 2 heterocycles. The van der Waals surface area contributed by atoms with Gasteiger partial charge in [0.05, 0.1) is 0 Å². The summed E-state index contributed by atoms with van der Waals surface area (Å²) in [5, 5.41) is 1.17. The molecule has 0 aromatic carbocycles. The van der Waals surface area contributed by atoms with Crippen LogP contribution in [0.3, 0.4) is 0 Å². The Morgan fingerprint density at radius 3 is 1.96 bits per heavy atom. The van der Waals surface area contributed by atoms with Gasteiger partial charge in [-0.1, -0.05) is 95.7 Å². The molecule has 0 aliphatic heterocycles. The van der Waals surface area contributed by atoms with Crippen LogP contribution in [0.1, 0.15) is 114 Å². The van der Waals surface area contributed by atoms with Gasteiger partial charge in [-0.2, -0.15) is 0 Å². The first kappa shape index (κ1) is 20.0. The molecule has 0 amide bonds. The largest absolute Gasteiger partial charge is 0.352 e. The molecule has 28 heavy (non-hydrogen) atoms. The molecule has 1 radical (unpaired) electrons. The Bertz CT molecular complexity index is 708. The maximum atomic E-state index is 4.99. The van der Waals surface area contributed by atoms with Crippen LogP contribution in [0.2, 0.25) is 5.82 Å². The summed E-state index contributed by atoms with van der Waals surface area (Å²) in [6, 6.07) is 2.26. The summed E-state index contributed by atoms with van der Waals surface area (Å²) >= 11 is 0. The lowest BCUT2D eigenvalue weighted by Crippen LogP contribution is -2.21. The Kier molecular flexibility index (Phi) is 7.46. The number of hydrogen-bond acceptors (Lipinski definition) is 2. The van der Waals surface area contributed by atoms with Crippen LogP contribution in [0, 0.1) is 0 Å². The van der Waals surface area contributed by atoms with Gasteiger partial charge < -0.3 is 4.98 Å². The minimum Gasteiger partial charge on any atom is -0.352 e. The van der Waals surface area contributed by atoms with Crippen molar-refractivity contribution in [1.82, 2.24) is 15.0 Å². The summed E-state index contributed by atoms with van der Waals surface area (Å²) in [6.07, 6.45) is 23.9. The SMILES string of the molecule is [B](c1cc2cnc(C3CCCCCCCCC3)nc2[nH]1)C1CCCCCCC1. The third kappa shape index (κ3) is 5.61. The summed E-state index contributed by atoms with van der Waals surface area (Å²) in [6.45, 7) is 0. The molecule has 0 bridgehead atoms. The molecule has 0 unspecified atom stereocenters. The van der Waals surface area contributed by atoms with E-state index < -0.39 is 0 Å². The van der Waals surface area contributed by atoms with Crippen molar-refractivity contribution in [1.29, 1.82) is 0 Å². The second-order valence-electron chi connectivity index (χ2n) is 9.28. The summed E-state index contributed by atoms with van der Waals surface area (Å²) in [4.78, 5) is 13.4. The van der Waals surface area contributed by atoms with Crippen molar-refractivity contribution in [2.24, 2.45) is 0 Å². The molecule has 3 nitrogen and oxygen atoms in total. The quantitative estimate of drug-likeness (QED) is 0.626. The van der Waals surface area contributed by atoms with Gasteiger partial charge in [0.15, 0.2) is 7.28 Å². The van der Waals surface area contributed by atoms with Crippen molar-refractivity contribution in [3.05, 3.63) is 18.1 Å². The van der Waals surface area contributed by atoms with Crippen LogP contribution in [-0.2, 0) is 0 Å². The number of aromatic nitrogens is 3. The molecule has 4 heteroatoms. The molecule has 2 fully saturated rings. The second kappa shape index (κ2) is 10.5. The van der Waals surface area contributed by atoms with Gasteiger partial charge in [0, 0.05) is 17.5 Å². The van der Waals surface area contributed by atoms with Gasteiger partial charge in [0.25, 0.3) is 0 Å². The topological polar surface area (TPSA) is 41.6 Å². The molecule has 2 aromatic rings. The number of nitrogens with one attached hydrogen (secondary N) is 1. The van der Waals surface area contributed by atoms with Crippen LogP contribution in [-0.4, -0.2) is 22.2 Å². The molecule has 2 aliphatic rings. The van der Waals surface area contributed by atoms with E-state index in [-0.39, 0.29) is 0 Å². The maximum absolute atomic E-state index is 4.99. The predicted molar refractivity (Wildman–Crippen MR) is 120 cm³/mol. The smallest absolute Gasteiger partial charge is 0.178 e. The van der Waals surface area contributed by atoms with Crippen LogP contribution in [0.15, 0.2) is 12.3 Å². The van der Waals surface area contributed by atoms with Crippen molar-refractivity contribution in [2.75, 3.05) is 0 Å². The van der Waals surface area contributed by atoms with Crippen molar-refractivity contribution in [3.8, 4) is 0 Å². The molecular formula is C24H37BN3. The molecular weight excluding hydrogens is 341 g/mol. The highest BCUT2D eigenvalue weighted by molar-refractivity contribution is 6.54. The lowest BCUT2D eigenvalue weighted by Gasteiger charge is -2.18. The molecule has 2 aliphatic carbocycles. The van der Waals surface area contributed by atoms with Crippen LogP contribution in [0.5, 0.6) is 0 Å². The van der Waals surface area contributed by atoms with Crippen LogP contribution < -0.4 is 5.59 Å². The van der Waals surface area contributed by atoms with Crippen molar-refractivity contribution in [2.45, 2.75) is 114 Å². The third-order valence-corrected chi connectivity index (χ3v) is 6.94.